The lowest BCUT2D eigenvalue weighted by molar-refractivity contribution is -0.0320. The summed E-state index contributed by atoms with van der Waals surface area (Å²) in [6.45, 7) is 8.03. The third-order valence-electron chi connectivity index (χ3n) is 4.34. The molecule has 2 N–H and O–H groups in total. The summed E-state index contributed by atoms with van der Waals surface area (Å²) in [7, 11) is 1.78. The molecule has 1 aliphatic heterocycles. The highest BCUT2D eigenvalue weighted by molar-refractivity contribution is 14.0. The maximum Gasteiger partial charge on any atom is 0.191 e. The number of ether oxygens (including phenoxy) is 3. The van der Waals surface area contributed by atoms with Crippen molar-refractivity contribution >= 4 is 29.9 Å². The second kappa shape index (κ2) is 14.0. The monoisotopic (exact) mass is 491 g/mol. The highest BCUT2D eigenvalue weighted by Gasteiger charge is 2.13. The van der Waals surface area contributed by atoms with Crippen molar-refractivity contribution in [3.8, 4) is 5.75 Å². The molecule has 0 amide bonds. The minimum absolute atomic E-state index is 0. The van der Waals surface area contributed by atoms with E-state index in [9.17, 15) is 0 Å². The molecule has 0 bridgehead atoms. The first-order valence-electron chi connectivity index (χ1n) is 9.55. The van der Waals surface area contributed by atoms with Crippen LogP contribution in [-0.2, 0) is 9.47 Å². The summed E-state index contributed by atoms with van der Waals surface area (Å²) >= 11 is 0. The summed E-state index contributed by atoms with van der Waals surface area (Å²) in [5.41, 5.74) is 1.14. The normalized spacial score (nSPS) is 16.3. The predicted octanol–water partition coefficient (Wildman–Crippen LogP) is 3.13. The standard InChI is InChI=1S/C20H33N3O3.HI/c1-16-7-4-5-8-19(16)26-17(2)15-23-20(21-3)22-11-6-12-25-18-9-13-24-14-10-18;/h4-5,7-8,17-18H,6,9-15H2,1-3H3,(H2,21,22,23);1H. The lowest BCUT2D eigenvalue weighted by Gasteiger charge is -2.22. The first kappa shape index (κ1) is 24.0. The van der Waals surface area contributed by atoms with Gasteiger partial charge in [-0.25, -0.2) is 0 Å². The lowest BCUT2D eigenvalue weighted by Crippen LogP contribution is -2.42. The molecule has 1 saturated heterocycles. The zero-order valence-electron chi connectivity index (χ0n) is 16.7. The average Bonchev–Trinajstić information content (AvgIpc) is 2.66. The van der Waals surface area contributed by atoms with Gasteiger partial charge in [-0.1, -0.05) is 18.2 Å². The Bertz CT molecular complexity index is 551. The van der Waals surface area contributed by atoms with Crippen LogP contribution >= 0.6 is 24.0 Å². The number of para-hydroxylation sites is 1. The van der Waals surface area contributed by atoms with E-state index in [1.807, 2.05) is 18.2 Å². The molecular weight excluding hydrogens is 457 g/mol. The third kappa shape index (κ3) is 9.62. The van der Waals surface area contributed by atoms with Crippen molar-refractivity contribution < 1.29 is 14.2 Å². The first-order chi connectivity index (χ1) is 12.7. The fourth-order valence-corrected chi connectivity index (χ4v) is 2.78. The number of nitrogens with zero attached hydrogens (tertiary/aromatic N) is 1. The minimum atomic E-state index is 0. The van der Waals surface area contributed by atoms with Gasteiger partial charge in [0.1, 0.15) is 11.9 Å². The van der Waals surface area contributed by atoms with Gasteiger partial charge in [0.05, 0.1) is 12.6 Å². The van der Waals surface area contributed by atoms with Crippen LogP contribution in [-0.4, -0.2) is 58.1 Å². The number of halogens is 1. The van der Waals surface area contributed by atoms with Crippen molar-refractivity contribution in [2.75, 3.05) is 40.0 Å². The van der Waals surface area contributed by atoms with E-state index in [4.69, 9.17) is 14.2 Å². The van der Waals surface area contributed by atoms with Gasteiger partial charge in [0.25, 0.3) is 0 Å². The molecule has 0 aromatic heterocycles. The van der Waals surface area contributed by atoms with Gasteiger partial charge in [-0.2, -0.15) is 0 Å². The fraction of sp³-hybridized carbons (Fsp3) is 0.650. The van der Waals surface area contributed by atoms with E-state index in [0.29, 0.717) is 12.6 Å². The summed E-state index contributed by atoms with van der Waals surface area (Å²) in [5, 5.41) is 6.62. The SMILES string of the molecule is CN=C(NCCCOC1CCOCC1)NCC(C)Oc1ccccc1C.I. The molecule has 1 aromatic carbocycles. The Morgan fingerprint density at radius 1 is 1.26 bits per heavy atom. The van der Waals surface area contributed by atoms with Crippen LogP contribution in [0, 0.1) is 6.92 Å². The largest absolute Gasteiger partial charge is 0.489 e. The van der Waals surface area contributed by atoms with E-state index >= 15 is 0 Å². The number of aliphatic imine (C=N–C) groups is 1. The lowest BCUT2D eigenvalue weighted by atomic mass is 10.1. The van der Waals surface area contributed by atoms with Crippen LogP contribution in [0.5, 0.6) is 5.75 Å². The number of benzene rings is 1. The Labute approximate surface area is 180 Å². The molecule has 6 nitrogen and oxygen atoms in total. The summed E-state index contributed by atoms with van der Waals surface area (Å²) in [4.78, 5) is 4.25. The van der Waals surface area contributed by atoms with Crippen LogP contribution in [0.1, 0.15) is 31.7 Å². The molecule has 1 heterocycles. The van der Waals surface area contributed by atoms with E-state index in [-0.39, 0.29) is 30.1 Å². The van der Waals surface area contributed by atoms with Crippen LogP contribution in [0.25, 0.3) is 0 Å². The summed E-state index contributed by atoms with van der Waals surface area (Å²) in [6.07, 6.45) is 3.38. The predicted molar refractivity (Wildman–Crippen MR) is 120 cm³/mol. The smallest absolute Gasteiger partial charge is 0.191 e. The van der Waals surface area contributed by atoms with Crippen molar-refractivity contribution in [2.24, 2.45) is 4.99 Å². The number of hydrogen-bond donors (Lipinski definition) is 2. The molecule has 1 fully saturated rings. The van der Waals surface area contributed by atoms with Crippen LogP contribution in [0.2, 0.25) is 0 Å². The van der Waals surface area contributed by atoms with Gasteiger partial charge < -0.3 is 24.8 Å². The topological polar surface area (TPSA) is 64.1 Å². The number of hydrogen-bond acceptors (Lipinski definition) is 4. The minimum Gasteiger partial charge on any atom is -0.489 e. The zero-order valence-corrected chi connectivity index (χ0v) is 19.0. The fourth-order valence-electron chi connectivity index (χ4n) is 2.78. The summed E-state index contributed by atoms with van der Waals surface area (Å²) in [6, 6.07) is 8.06. The molecule has 0 saturated carbocycles. The third-order valence-corrected chi connectivity index (χ3v) is 4.34. The van der Waals surface area contributed by atoms with Crippen molar-refractivity contribution in [3.63, 3.8) is 0 Å². The molecule has 1 atom stereocenters. The number of rotatable bonds is 9. The Hall–Kier alpha value is -1.06. The Morgan fingerprint density at radius 2 is 2.00 bits per heavy atom. The number of guanidine groups is 1. The van der Waals surface area contributed by atoms with Crippen LogP contribution in [0.15, 0.2) is 29.3 Å². The van der Waals surface area contributed by atoms with Crippen LogP contribution < -0.4 is 15.4 Å². The van der Waals surface area contributed by atoms with E-state index in [1.165, 1.54) is 0 Å². The average molecular weight is 491 g/mol. The Balaban J connectivity index is 0.00000364. The van der Waals surface area contributed by atoms with Crippen LogP contribution in [0.3, 0.4) is 0 Å². The van der Waals surface area contributed by atoms with Crippen molar-refractivity contribution in [3.05, 3.63) is 29.8 Å². The maximum atomic E-state index is 5.97. The Morgan fingerprint density at radius 3 is 2.70 bits per heavy atom. The molecular formula is C20H34IN3O3. The molecule has 0 radical (unpaired) electrons. The zero-order chi connectivity index (χ0) is 18.6. The molecule has 0 spiro atoms. The maximum absolute atomic E-state index is 5.97. The Kier molecular flexibility index (Phi) is 12.4. The van der Waals surface area contributed by atoms with Crippen molar-refractivity contribution in [1.82, 2.24) is 10.6 Å². The van der Waals surface area contributed by atoms with E-state index in [0.717, 1.165) is 62.9 Å². The quantitative estimate of drug-likeness (QED) is 0.241. The van der Waals surface area contributed by atoms with Gasteiger partial charge in [0.2, 0.25) is 0 Å². The number of aryl methyl sites for hydroxylation is 1. The van der Waals surface area contributed by atoms with Gasteiger partial charge in [-0.05, 0) is 44.7 Å². The summed E-state index contributed by atoms with van der Waals surface area (Å²) in [5.74, 6) is 1.71. The highest BCUT2D eigenvalue weighted by Crippen LogP contribution is 2.17. The van der Waals surface area contributed by atoms with Crippen molar-refractivity contribution in [2.45, 2.75) is 45.3 Å². The first-order valence-corrected chi connectivity index (χ1v) is 9.55. The van der Waals surface area contributed by atoms with Crippen LogP contribution in [0.4, 0.5) is 0 Å². The molecule has 2 rings (SSSR count). The van der Waals surface area contributed by atoms with Gasteiger partial charge >= 0.3 is 0 Å². The van der Waals surface area contributed by atoms with Gasteiger partial charge in [0, 0.05) is 33.4 Å². The molecule has 1 unspecified atom stereocenters. The molecule has 1 aliphatic rings. The van der Waals surface area contributed by atoms with E-state index < -0.39 is 0 Å². The van der Waals surface area contributed by atoms with Gasteiger partial charge in [0.15, 0.2) is 5.96 Å². The molecule has 0 aliphatic carbocycles. The second-order valence-electron chi connectivity index (χ2n) is 6.61. The number of nitrogens with one attached hydrogen (secondary N) is 2. The summed E-state index contributed by atoms with van der Waals surface area (Å²) < 4.78 is 17.2. The second-order valence-corrected chi connectivity index (χ2v) is 6.61. The molecule has 7 heteroatoms. The highest BCUT2D eigenvalue weighted by atomic mass is 127. The molecule has 1 aromatic rings. The molecule has 154 valence electrons. The van der Waals surface area contributed by atoms with E-state index in [2.05, 4.69) is 35.5 Å². The van der Waals surface area contributed by atoms with E-state index in [1.54, 1.807) is 7.05 Å². The molecule has 27 heavy (non-hydrogen) atoms. The van der Waals surface area contributed by atoms with Gasteiger partial charge in [-0.3, -0.25) is 4.99 Å². The van der Waals surface area contributed by atoms with Crippen molar-refractivity contribution in [1.29, 1.82) is 0 Å². The van der Waals surface area contributed by atoms with Gasteiger partial charge in [-0.15, -0.1) is 24.0 Å².